The first-order valence-electron chi connectivity index (χ1n) is 19.9. The molecule has 0 aliphatic carbocycles. The summed E-state index contributed by atoms with van der Waals surface area (Å²) in [5.74, 6) is -0.653. The fourth-order valence-corrected chi connectivity index (χ4v) is 5.32. The van der Waals surface area contributed by atoms with Gasteiger partial charge >= 0.3 is 11.9 Å². The second-order valence-electron chi connectivity index (χ2n) is 13.2. The van der Waals surface area contributed by atoms with E-state index in [9.17, 15) is 19.8 Å². The average Bonchev–Trinajstić information content (AvgIpc) is 3.10. The Kier molecular flexibility index (Phi) is 36.5. The van der Waals surface area contributed by atoms with E-state index >= 15 is 0 Å². The third-order valence-corrected chi connectivity index (χ3v) is 8.34. The van der Waals surface area contributed by atoms with Gasteiger partial charge in [-0.15, -0.1) is 0 Å². The summed E-state index contributed by atoms with van der Waals surface area (Å²) in [5, 5.41) is 19.7. The molecule has 0 saturated heterocycles. The van der Waals surface area contributed by atoms with Crippen LogP contribution in [0.15, 0.2) is 60.8 Å². The summed E-state index contributed by atoms with van der Waals surface area (Å²) in [6.07, 6.45) is 46.2. The van der Waals surface area contributed by atoms with Gasteiger partial charge in [-0.2, -0.15) is 0 Å². The first kappa shape index (κ1) is 46.6. The van der Waals surface area contributed by atoms with E-state index in [4.69, 9.17) is 9.47 Å². The Morgan fingerprint density at radius 2 is 0.980 bits per heavy atom. The molecule has 49 heavy (non-hydrogen) atoms. The number of aliphatic hydroxyl groups excluding tert-OH is 2. The van der Waals surface area contributed by atoms with Crippen LogP contribution >= 0.6 is 0 Å². The molecule has 0 amide bonds. The Hall–Kier alpha value is -2.44. The van der Waals surface area contributed by atoms with Gasteiger partial charge in [0.1, 0.15) is 19.3 Å². The molecule has 0 heterocycles. The molecule has 0 radical (unpaired) electrons. The number of allylic oxidation sites excluding steroid dienone is 8. The first-order chi connectivity index (χ1) is 24.0. The van der Waals surface area contributed by atoms with Gasteiger partial charge in [0.05, 0.1) is 6.10 Å². The molecule has 0 saturated carbocycles. The number of carbonyl (C=O) groups is 2. The lowest BCUT2D eigenvalue weighted by atomic mass is 10.0. The number of hydrogen-bond donors (Lipinski definition) is 2. The van der Waals surface area contributed by atoms with Gasteiger partial charge in [-0.05, 0) is 44.9 Å². The van der Waals surface area contributed by atoms with Crippen molar-refractivity contribution in [2.24, 2.45) is 0 Å². The van der Waals surface area contributed by atoms with Gasteiger partial charge in [0.25, 0.3) is 0 Å². The van der Waals surface area contributed by atoms with Crippen molar-refractivity contribution in [3.8, 4) is 0 Å². The van der Waals surface area contributed by atoms with Gasteiger partial charge in [-0.25, -0.2) is 0 Å². The Morgan fingerprint density at radius 1 is 0.531 bits per heavy atom. The van der Waals surface area contributed by atoms with Gasteiger partial charge in [0.2, 0.25) is 0 Å². The van der Waals surface area contributed by atoms with Crippen LogP contribution in [0.2, 0.25) is 0 Å². The molecule has 0 spiro atoms. The van der Waals surface area contributed by atoms with Crippen LogP contribution < -0.4 is 0 Å². The lowest BCUT2D eigenvalue weighted by molar-refractivity contribution is -0.152. The molecule has 0 aromatic heterocycles. The summed E-state index contributed by atoms with van der Waals surface area (Å²) in [7, 11) is 0. The molecule has 0 aliphatic heterocycles. The molecule has 0 aromatic rings. The number of aliphatic hydroxyl groups is 2. The molecule has 282 valence electrons. The normalized spacial score (nSPS) is 13.5. The molecule has 0 fully saturated rings. The zero-order valence-corrected chi connectivity index (χ0v) is 31.5. The second kappa shape index (κ2) is 38.4. The molecule has 0 rings (SSSR count). The summed E-state index contributed by atoms with van der Waals surface area (Å²) >= 11 is 0. The van der Waals surface area contributed by atoms with E-state index in [0.29, 0.717) is 19.3 Å². The molecular weight excluding hydrogens is 612 g/mol. The quantitative estimate of drug-likeness (QED) is 0.0298. The highest BCUT2D eigenvalue weighted by Gasteiger charge is 2.12. The van der Waals surface area contributed by atoms with Crippen molar-refractivity contribution < 1.29 is 29.3 Å². The number of esters is 2. The van der Waals surface area contributed by atoms with Crippen molar-refractivity contribution >= 4 is 11.9 Å². The van der Waals surface area contributed by atoms with Gasteiger partial charge in [0.15, 0.2) is 0 Å². The smallest absolute Gasteiger partial charge is 0.305 e. The van der Waals surface area contributed by atoms with Gasteiger partial charge < -0.3 is 19.7 Å². The molecule has 0 aliphatic rings. The molecule has 0 aromatic carbocycles. The van der Waals surface area contributed by atoms with Crippen LogP contribution in [0.5, 0.6) is 0 Å². The van der Waals surface area contributed by atoms with Crippen molar-refractivity contribution in [1.82, 2.24) is 0 Å². The summed E-state index contributed by atoms with van der Waals surface area (Å²) < 4.78 is 10.3. The number of unbranched alkanes of at least 4 members (excludes halogenated alkanes) is 17. The number of carbonyl (C=O) groups excluding carboxylic acids is 2. The van der Waals surface area contributed by atoms with Crippen molar-refractivity contribution in [3.05, 3.63) is 60.8 Å². The van der Waals surface area contributed by atoms with Gasteiger partial charge in [0, 0.05) is 12.8 Å². The Balaban J connectivity index is 3.56. The summed E-state index contributed by atoms with van der Waals surface area (Å²) in [5.41, 5.74) is 0. The van der Waals surface area contributed by atoms with E-state index in [2.05, 4.69) is 37.3 Å². The molecule has 6 nitrogen and oxygen atoms in total. The monoisotopic (exact) mass is 687 g/mol. The maximum absolute atomic E-state index is 12.0. The molecule has 1 unspecified atom stereocenters. The Bertz CT molecular complexity index is 887. The van der Waals surface area contributed by atoms with Crippen LogP contribution in [-0.2, 0) is 19.1 Å². The van der Waals surface area contributed by atoms with Crippen LogP contribution in [0.4, 0.5) is 0 Å². The standard InChI is InChI=1S/C43H74O6/c1-3-5-7-8-9-10-11-12-13-14-15-16-20-23-26-29-32-36-42(46)48-38-41(45)39-49-43(47)37-33-30-27-24-21-18-17-19-22-25-28-31-35-40(44)34-6-4-2/h6,17-18,22,24-25,27-28,31,34,40-41,44-45H,3-5,7-16,19-21,23,26,29-30,32-33,35-39H2,1-2H3/b18-17-,25-22-,27-24-,31-28+,34-6-/t40?,41-/m1/s1. The first-order valence-corrected chi connectivity index (χ1v) is 19.9. The van der Waals surface area contributed by atoms with E-state index in [1.54, 1.807) is 0 Å². The molecule has 2 atom stereocenters. The molecule has 6 heteroatoms. The van der Waals surface area contributed by atoms with Crippen molar-refractivity contribution in [2.45, 2.75) is 187 Å². The largest absolute Gasteiger partial charge is 0.463 e. The van der Waals surface area contributed by atoms with E-state index < -0.39 is 12.2 Å². The maximum Gasteiger partial charge on any atom is 0.305 e. The predicted octanol–water partition coefficient (Wildman–Crippen LogP) is 11.4. The lowest BCUT2D eigenvalue weighted by Crippen LogP contribution is -2.25. The van der Waals surface area contributed by atoms with Crippen LogP contribution in [0, 0.1) is 0 Å². The number of rotatable bonds is 35. The van der Waals surface area contributed by atoms with Crippen LogP contribution in [-0.4, -0.2) is 47.6 Å². The predicted molar refractivity (Wildman–Crippen MR) is 206 cm³/mol. The molecular formula is C43H74O6. The minimum atomic E-state index is -0.998. The van der Waals surface area contributed by atoms with E-state index in [1.807, 2.05) is 37.3 Å². The van der Waals surface area contributed by atoms with E-state index in [1.165, 1.54) is 89.9 Å². The third-order valence-electron chi connectivity index (χ3n) is 8.34. The summed E-state index contributed by atoms with van der Waals surface area (Å²) in [6.45, 7) is 4.02. The van der Waals surface area contributed by atoms with E-state index in [-0.39, 0.29) is 31.6 Å². The number of ether oxygens (including phenoxy) is 2. The third kappa shape index (κ3) is 38.2. The topological polar surface area (TPSA) is 93.1 Å². The SMILES string of the molecule is CC/C=C\C(O)C/C=C/C=C\C/C=C\C/C=C\CCCC(=O)OC[C@H](O)COC(=O)CCCCCCCCCCCCCCCCCCC. The zero-order valence-electron chi connectivity index (χ0n) is 31.5. The molecule has 2 N–H and O–H groups in total. The Labute approximate surface area is 301 Å². The van der Waals surface area contributed by atoms with Crippen LogP contribution in [0.3, 0.4) is 0 Å². The maximum atomic E-state index is 12.0. The second-order valence-corrected chi connectivity index (χ2v) is 13.2. The van der Waals surface area contributed by atoms with Crippen molar-refractivity contribution in [3.63, 3.8) is 0 Å². The van der Waals surface area contributed by atoms with Crippen LogP contribution in [0.25, 0.3) is 0 Å². The fourth-order valence-electron chi connectivity index (χ4n) is 5.32. The lowest BCUT2D eigenvalue weighted by Gasteiger charge is -2.12. The van der Waals surface area contributed by atoms with Gasteiger partial charge in [-0.3, -0.25) is 9.59 Å². The van der Waals surface area contributed by atoms with E-state index in [0.717, 1.165) is 44.9 Å². The fraction of sp³-hybridized carbons (Fsp3) is 0.721. The number of hydrogen-bond acceptors (Lipinski definition) is 6. The van der Waals surface area contributed by atoms with Crippen LogP contribution in [0.1, 0.15) is 174 Å². The van der Waals surface area contributed by atoms with Gasteiger partial charge in [-0.1, -0.05) is 177 Å². The summed E-state index contributed by atoms with van der Waals surface area (Å²) in [6, 6.07) is 0. The van der Waals surface area contributed by atoms with Crippen molar-refractivity contribution in [2.75, 3.05) is 13.2 Å². The molecule has 0 bridgehead atoms. The summed E-state index contributed by atoms with van der Waals surface area (Å²) in [4.78, 5) is 23.9. The van der Waals surface area contributed by atoms with Crippen molar-refractivity contribution in [1.29, 1.82) is 0 Å². The zero-order chi connectivity index (χ0) is 35.9. The minimum Gasteiger partial charge on any atom is -0.463 e. The minimum absolute atomic E-state index is 0.144. The highest BCUT2D eigenvalue weighted by Crippen LogP contribution is 2.14. The Morgan fingerprint density at radius 3 is 1.51 bits per heavy atom. The highest BCUT2D eigenvalue weighted by molar-refractivity contribution is 5.69. The highest BCUT2D eigenvalue weighted by atomic mass is 16.6. The average molecular weight is 687 g/mol.